The van der Waals surface area contributed by atoms with Crippen LogP contribution in [0.2, 0.25) is 5.02 Å². The molecule has 3 nitrogen and oxygen atoms in total. The van der Waals surface area contributed by atoms with E-state index in [1.165, 1.54) is 31.7 Å². The van der Waals surface area contributed by atoms with Gasteiger partial charge in [0.2, 0.25) is 5.95 Å². The summed E-state index contributed by atoms with van der Waals surface area (Å²) in [7, 11) is 0. The van der Waals surface area contributed by atoms with Crippen LogP contribution in [0.5, 0.6) is 0 Å². The van der Waals surface area contributed by atoms with E-state index >= 15 is 0 Å². The van der Waals surface area contributed by atoms with E-state index in [0.29, 0.717) is 12.6 Å². The molecule has 1 fully saturated rings. The van der Waals surface area contributed by atoms with E-state index in [-0.39, 0.29) is 10.8 Å². The molecule has 20 heavy (non-hydrogen) atoms. The molecule has 0 saturated heterocycles. The van der Waals surface area contributed by atoms with Crippen LogP contribution in [0.25, 0.3) is 0 Å². The number of hydrogen-bond donors (Lipinski definition) is 1. The molecule has 0 spiro atoms. The lowest BCUT2D eigenvalue weighted by Crippen LogP contribution is -2.10. The number of nitrogens with zero attached hydrogens (tertiary/aromatic N) is 2. The van der Waals surface area contributed by atoms with E-state index in [1.807, 2.05) is 12.4 Å². The lowest BCUT2D eigenvalue weighted by molar-refractivity contribution is 0.523. The van der Waals surface area contributed by atoms with Crippen molar-refractivity contribution in [3.05, 3.63) is 47.0 Å². The standard InChI is InChI=1S/C15H17ClFN3/c16-13-9-11(5-6-14(13)17)10-19-15-18-7-8-20(15)12-3-1-2-4-12/h5-9,12H,1-4,10H2,(H,18,19). The molecular weight excluding hydrogens is 277 g/mol. The first-order chi connectivity index (χ1) is 9.74. The minimum absolute atomic E-state index is 0.156. The SMILES string of the molecule is Fc1ccc(CNc2nccn2C2CCCC2)cc1Cl. The van der Waals surface area contributed by atoms with Crippen LogP contribution in [0.3, 0.4) is 0 Å². The molecule has 1 aliphatic carbocycles. The van der Waals surface area contributed by atoms with Gasteiger partial charge in [0, 0.05) is 25.0 Å². The third kappa shape index (κ3) is 2.80. The van der Waals surface area contributed by atoms with E-state index < -0.39 is 0 Å². The summed E-state index contributed by atoms with van der Waals surface area (Å²) in [5.74, 6) is 0.486. The molecule has 5 heteroatoms. The Balaban J connectivity index is 1.69. The van der Waals surface area contributed by atoms with Crippen molar-refractivity contribution >= 4 is 17.5 Å². The van der Waals surface area contributed by atoms with Crippen molar-refractivity contribution in [3.63, 3.8) is 0 Å². The Morgan fingerprint density at radius 2 is 2.15 bits per heavy atom. The Kier molecular flexibility index (Phi) is 3.92. The summed E-state index contributed by atoms with van der Waals surface area (Å²) in [5, 5.41) is 3.46. The van der Waals surface area contributed by atoms with Crippen LogP contribution in [0, 0.1) is 5.82 Å². The normalized spacial score (nSPS) is 15.7. The first-order valence-corrected chi connectivity index (χ1v) is 7.32. The van der Waals surface area contributed by atoms with Gasteiger partial charge in [-0.3, -0.25) is 0 Å². The lowest BCUT2D eigenvalue weighted by atomic mass is 10.2. The fourth-order valence-electron chi connectivity index (χ4n) is 2.76. The molecule has 0 atom stereocenters. The van der Waals surface area contributed by atoms with Gasteiger partial charge in [0.25, 0.3) is 0 Å². The molecule has 0 bridgehead atoms. The summed E-state index contributed by atoms with van der Waals surface area (Å²) in [6.45, 7) is 0.587. The van der Waals surface area contributed by atoms with Crippen LogP contribution in [-0.2, 0) is 6.54 Å². The maximum atomic E-state index is 13.1. The van der Waals surface area contributed by atoms with Gasteiger partial charge in [-0.15, -0.1) is 0 Å². The zero-order chi connectivity index (χ0) is 13.9. The number of imidazole rings is 1. The van der Waals surface area contributed by atoms with Gasteiger partial charge < -0.3 is 9.88 Å². The molecule has 1 N–H and O–H groups in total. The van der Waals surface area contributed by atoms with Crippen molar-refractivity contribution in [2.75, 3.05) is 5.32 Å². The molecule has 2 aromatic rings. The molecule has 1 aromatic carbocycles. The molecular formula is C15H17ClFN3. The van der Waals surface area contributed by atoms with Crippen LogP contribution in [-0.4, -0.2) is 9.55 Å². The van der Waals surface area contributed by atoms with E-state index in [9.17, 15) is 4.39 Å². The number of anilines is 1. The smallest absolute Gasteiger partial charge is 0.203 e. The van der Waals surface area contributed by atoms with Gasteiger partial charge >= 0.3 is 0 Å². The van der Waals surface area contributed by atoms with Crippen molar-refractivity contribution in [1.82, 2.24) is 9.55 Å². The second kappa shape index (κ2) is 5.83. The first-order valence-electron chi connectivity index (χ1n) is 6.94. The molecule has 1 heterocycles. The van der Waals surface area contributed by atoms with E-state index in [4.69, 9.17) is 11.6 Å². The zero-order valence-electron chi connectivity index (χ0n) is 11.1. The Morgan fingerprint density at radius 3 is 2.90 bits per heavy atom. The fraction of sp³-hybridized carbons (Fsp3) is 0.400. The number of benzene rings is 1. The van der Waals surface area contributed by atoms with E-state index in [2.05, 4.69) is 14.9 Å². The Bertz CT molecular complexity index is 591. The van der Waals surface area contributed by atoms with Gasteiger partial charge in [-0.1, -0.05) is 30.5 Å². The molecule has 106 valence electrons. The summed E-state index contributed by atoms with van der Waals surface area (Å²) in [6.07, 6.45) is 8.85. The number of aromatic nitrogens is 2. The minimum atomic E-state index is -0.386. The van der Waals surface area contributed by atoms with Crippen molar-refractivity contribution < 1.29 is 4.39 Å². The Hall–Kier alpha value is -1.55. The number of halogens is 2. The summed E-state index contributed by atoms with van der Waals surface area (Å²) >= 11 is 5.79. The largest absolute Gasteiger partial charge is 0.352 e. The third-order valence-corrected chi connectivity index (χ3v) is 4.11. The van der Waals surface area contributed by atoms with Gasteiger partial charge in [0.05, 0.1) is 5.02 Å². The predicted molar refractivity (Wildman–Crippen MR) is 78.5 cm³/mol. The van der Waals surface area contributed by atoms with Crippen molar-refractivity contribution in [1.29, 1.82) is 0 Å². The van der Waals surface area contributed by atoms with Crippen LogP contribution in [0.4, 0.5) is 10.3 Å². The lowest BCUT2D eigenvalue weighted by Gasteiger charge is -2.15. The van der Waals surface area contributed by atoms with Gasteiger partial charge in [-0.2, -0.15) is 0 Å². The summed E-state index contributed by atoms with van der Waals surface area (Å²) in [4.78, 5) is 4.36. The minimum Gasteiger partial charge on any atom is -0.352 e. The Morgan fingerprint density at radius 1 is 1.35 bits per heavy atom. The van der Waals surface area contributed by atoms with Crippen LogP contribution in [0.1, 0.15) is 37.3 Å². The van der Waals surface area contributed by atoms with Gasteiger partial charge in [-0.05, 0) is 30.5 Å². The highest BCUT2D eigenvalue weighted by Gasteiger charge is 2.18. The second-order valence-corrected chi connectivity index (χ2v) is 5.61. The highest BCUT2D eigenvalue weighted by molar-refractivity contribution is 6.30. The molecule has 0 radical (unpaired) electrons. The van der Waals surface area contributed by atoms with Crippen LogP contribution in [0.15, 0.2) is 30.6 Å². The second-order valence-electron chi connectivity index (χ2n) is 5.20. The van der Waals surface area contributed by atoms with Crippen LogP contribution >= 0.6 is 11.6 Å². The molecule has 3 rings (SSSR count). The van der Waals surface area contributed by atoms with Gasteiger partial charge in [0.1, 0.15) is 5.82 Å². The summed E-state index contributed by atoms with van der Waals surface area (Å²) in [5.41, 5.74) is 0.942. The van der Waals surface area contributed by atoms with Crippen LogP contribution < -0.4 is 5.32 Å². The maximum Gasteiger partial charge on any atom is 0.203 e. The monoisotopic (exact) mass is 293 g/mol. The number of nitrogens with one attached hydrogen (secondary N) is 1. The third-order valence-electron chi connectivity index (χ3n) is 3.82. The highest BCUT2D eigenvalue weighted by atomic mass is 35.5. The molecule has 0 amide bonds. The fourth-order valence-corrected chi connectivity index (χ4v) is 2.96. The van der Waals surface area contributed by atoms with Crippen molar-refractivity contribution in [2.24, 2.45) is 0 Å². The molecule has 0 aliphatic heterocycles. The topological polar surface area (TPSA) is 29.9 Å². The highest BCUT2D eigenvalue weighted by Crippen LogP contribution is 2.31. The quantitative estimate of drug-likeness (QED) is 0.905. The maximum absolute atomic E-state index is 13.1. The van der Waals surface area contributed by atoms with Crippen molar-refractivity contribution in [2.45, 2.75) is 38.3 Å². The van der Waals surface area contributed by atoms with Gasteiger partial charge in [-0.25, -0.2) is 9.37 Å². The van der Waals surface area contributed by atoms with Gasteiger partial charge in [0.15, 0.2) is 0 Å². The number of rotatable bonds is 4. The molecule has 1 aliphatic rings. The Labute approximate surface area is 122 Å². The number of hydrogen-bond acceptors (Lipinski definition) is 2. The predicted octanol–water partition coefficient (Wildman–Crippen LogP) is 4.40. The summed E-state index contributed by atoms with van der Waals surface area (Å²) in [6, 6.07) is 5.32. The van der Waals surface area contributed by atoms with E-state index in [0.717, 1.165) is 11.5 Å². The summed E-state index contributed by atoms with van der Waals surface area (Å²) < 4.78 is 15.3. The zero-order valence-corrected chi connectivity index (χ0v) is 11.9. The molecule has 1 aromatic heterocycles. The van der Waals surface area contributed by atoms with E-state index in [1.54, 1.807) is 12.1 Å². The molecule has 0 unspecified atom stereocenters. The average Bonchev–Trinajstić information content (AvgIpc) is 3.09. The van der Waals surface area contributed by atoms with Crippen molar-refractivity contribution in [3.8, 4) is 0 Å². The molecule has 1 saturated carbocycles. The first kappa shape index (κ1) is 13.4. The average molecular weight is 294 g/mol.